The molecule has 4 heteroatoms. The summed E-state index contributed by atoms with van der Waals surface area (Å²) < 4.78 is 10.1. The van der Waals surface area contributed by atoms with E-state index in [1.54, 1.807) is 0 Å². The number of methoxy groups -OCH3 is 1. The Morgan fingerprint density at radius 2 is 1.75 bits per heavy atom. The van der Waals surface area contributed by atoms with Crippen LogP contribution in [0.3, 0.4) is 0 Å². The molecule has 0 radical (unpaired) electrons. The highest BCUT2D eigenvalue weighted by Crippen LogP contribution is 2.66. The predicted octanol–water partition coefficient (Wildman–Crippen LogP) is 5.39. The number of ether oxygens (including phenoxy) is 2. The summed E-state index contributed by atoms with van der Waals surface area (Å²) in [5.74, 6) is 1.89. The number of carbonyl (C=O) groups is 2. The van der Waals surface area contributed by atoms with E-state index in [9.17, 15) is 9.59 Å². The molecular formula is C24H40O4. The van der Waals surface area contributed by atoms with Crippen molar-refractivity contribution in [2.24, 2.45) is 39.9 Å². The van der Waals surface area contributed by atoms with Crippen LogP contribution in [-0.4, -0.2) is 25.7 Å². The van der Waals surface area contributed by atoms with Gasteiger partial charge in [-0.1, -0.05) is 34.1 Å². The van der Waals surface area contributed by atoms with Gasteiger partial charge in [0.1, 0.15) is 0 Å². The molecule has 0 bridgehead atoms. The van der Waals surface area contributed by atoms with Crippen molar-refractivity contribution in [3.8, 4) is 0 Å². The SMILES string of the molecule is COC(=O)COC(=O)C1(C)CCCC2(C)C3CCC(C)(C(C)C)CC3CCC12. The lowest BCUT2D eigenvalue weighted by atomic mass is 9.42. The fourth-order valence-electron chi connectivity index (χ4n) is 7.24. The molecule has 0 aromatic heterocycles. The topological polar surface area (TPSA) is 52.6 Å². The molecule has 0 aliphatic heterocycles. The van der Waals surface area contributed by atoms with Gasteiger partial charge in [0, 0.05) is 0 Å². The van der Waals surface area contributed by atoms with Gasteiger partial charge in [0.15, 0.2) is 6.61 Å². The molecule has 6 unspecified atom stereocenters. The van der Waals surface area contributed by atoms with Crippen LogP contribution in [0.4, 0.5) is 0 Å². The Labute approximate surface area is 171 Å². The molecule has 3 saturated carbocycles. The first-order chi connectivity index (χ1) is 13.1. The first kappa shape index (κ1) is 21.6. The Balaban J connectivity index is 1.79. The number of rotatable bonds is 4. The van der Waals surface area contributed by atoms with Crippen LogP contribution in [0.5, 0.6) is 0 Å². The van der Waals surface area contributed by atoms with Gasteiger partial charge in [0.2, 0.25) is 0 Å². The van der Waals surface area contributed by atoms with Crippen molar-refractivity contribution in [3.63, 3.8) is 0 Å². The summed E-state index contributed by atoms with van der Waals surface area (Å²) in [6.45, 7) is 11.5. The zero-order valence-electron chi connectivity index (χ0n) is 18.8. The van der Waals surface area contributed by atoms with Crippen LogP contribution in [0.2, 0.25) is 0 Å². The molecule has 28 heavy (non-hydrogen) atoms. The minimum absolute atomic E-state index is 0.199. The van der Waals surface area contributed by atoms with Crippen molar-refractivity contribution in [2.75, 3.05) is 13.7 Å². The zero-order valence-corrected chi connectivity index (χ0v) is 18.8. The fraction of sp³-hybridized carbons (Fsp3) is 0.917. The molecule has 3 rings (SSSR count). The maximum atomic E-state index is 13.1. The molecule has 3 aliphatic carbocycles. The average Bonchev–Trinajstić information content (AvgIpc) is 2.65. The molecule has 0 aromatic carbocycles. The van der Waals surface area contributed by atoms with E-state index in [0.717, 1.165) is 31.1 Å². The minimum Gasteiger partial charge on any atom is -0.466 e. The Morgan fingerprint density at radius 1 is 1.04 bits per heavy atom. The highest BCUT2D eigenvalue weighted by atomic mass is 16.6. The van der Waals surface area contributed by atoms with Gasteiger partial charge in [0.05, 0.1) is 12.5 Å². The standard InChI is InChI=1S/C24H40O4/c1-16(2)22(3)13-10-18-17(14-22)8-9-19-23(18,4)11-7-12-24(19,5)21(26)28-15-20(25)27-6/h16-19H,7-15H2,1-6H3. The van der Waals surface area contributed by atoms with Crippen LogP contribution < -0.4 is 0 Å². The third-order valence-electron chi connectivity index (χ3n) is 9.38. The van der Waals surface area contributed by atoms with E-state index in [1.165, 1.54) is 39.2 Å². The molecule has 160 valence electrons. The largest absolute Gasteiger partial charge is 0.466 e. The molecule has 0 N–H and O–H groups in total. The van der Waals surface area contributed by atoms with E-state index < -0.39 is 11.4 Å². The van der Waals surface area contributed by atoms with E-state index in [4.69, 9.17) is 4.74 Å². The highest BCUT2D eigenvalue weighted by Gasteiger charge is 2.60. The smallest absolute Gasteiger partial charge is 0.344 e. The Morgan fingerprint density at radius 3 is 2.39 bits per heavy atom. The zero-order chi connectivity index (χ0) is 20.7. The van der Waals surface area contributed by atoms with Gasteiger partial charge in [-0.15, -0.1) is 0 Å². The predicted molar refractivity (Wildman–Crippen MR) is 110 cm³/mol. The maximum Gasteiger partial charge on any atom is 0.344 e. The summed E-state index contributed by atoms with van der Waals surface area (Å²) >= 11 is 0. The van der Waals surface area contributed by atoms with Crippen LogP contribution in [0.15, 0.2) is 0 Å². The highest BCUT2D eigenvalue weighted by molar-refractivity contribution is 5.80. The fourth-order valence-corrected chi connectivity index (χ4v) is 7.24. The van der Waals surface area contributed by atoms with Crippen molar-refractivity contribution < 1.29 is 19.1 Å². The van der Waals surface area contributed by atoms with Gasteiger partial charge in [-0.25, -0.2) is 4.79 Å². The molecule has 0 heterocycles. The first-order valence-electron chi connectivity index (χ1n) is 11.3. The second-order valence-electron chi connectivity index (χ2n) is 11.0. The number of hydrogen-bond donors (Lipinski definition) is 0. The van der Waals surface area contributed by atoms with E-state index in [2.05, 4.69) is 39.4 Å². The summed E-state index contributed by atoms with van der Waals surface area (Å²) in [7, 11) is 1.32. The van der Waals surface area contributed by atoms with Crippen LogP contribution >= 0.6 is 0 Å². The first-order valence-corrected chi connectivity index (χ1v) is 11.3. The Bertz CT molecular complexity index is 614. The number of hydrogen-bond acceptors (Lipinski definition) is 4. The molecule has 3 aliphatic rings. The second kappa shape index (κ2) is 7.65. The normalized spacial score (nSPS) is 43.0. The second-order valence-corrected chi connectivity index (χ2v) is 11.0. The molecule has 4 nitrogen and oxygen atoms in total. The van der Waals surface area contributed by atoms with Gasteiger partial charge in [0.25, 0.3) is 0 Å². The lowest BCUT2D eigenvalue weighted by molar-refractivity contribution is -0.184. The number of carbonyl (C=O) groups excluding carboxylic acids is 2. The van der Waals surface area contributed by atoms with Crippen molar-refractivity contribution in [3.05, 3.63) is 0 Å². The van der Waals surface area contributed by atoms with Crippen LogP contribution in [-0.2, 0) is 19.1 Å². The molecule has 6 atom stereocenters. The van der Waals surface area contributed by atoms with Crippen LogP contribution in [0, 0.1) is 39.9 Å². The van der Waals surface area contributed by atoms with Crippen LogP contribution in [0.1, 0.15) is 86.0 Å². The molecule has 0 saturated heterocycles. The molecule has 0 aromatic rings. The Hall–Kier alpha value is -1.06. The molecular weight excluding hydrogens is 352 g/mol. The lowest BCUT2D eigenvalue weighted by Crippen LogP contribution is -2.57. The summed E-state index contributed by atoms with van der Waals surface area (Å²) in [4.78, 5) is 24.5. The van der Waals surface area contributed by atoms with Gasteiger partial charge in [-0.2, -0.15) is 0 Å². The van der Waals surface area contributed by atoms with Gasteiger partial charge in [-0.3, -0.25) is 4.79 Å². The molecule has 0 spiro atoms. The van der Waals surface area contributed by atoms with Crippen molar-refractivity contribution >= 4 is 11.9 Å². The van der Waals surface area contributed by atoms with Crippen LogP contribution in [0.25, 0.3) is 0 Å². The monoisotopic (exact) mass is 392 g/mol. The molecule has 3 fully saturated rings. The number of esters is 2. The summed E-state index contributed by atoms with van der Waals surface area (Å²) in [5.41, 5.74) is 0.186. The minimum atomic E-state index is -0.487. The van der Waals surface area contributed by atoms with E-state index in [1.807, 2.05) is 0 Å². The van der Waals surface area contributed by atoms with Crippen molar-refractivity contribution in [2.45, 2.75) is 86.0 Å². The quantitative estimate of drug-likeness (QED) is 0.602. The maximum absolute atomic E-state index is 13.1. The third-order valence-corrected chi connectivity index (χ3v) is 9.38. The molecule has 0 amide bonds. The van der Waals surface area contributed by atoms with E-state index in [-0.39, 0.29) is 18.0 Å². The summed E-state index contributed by atoms with van der Waals surface area (Å²) in [6, 6.07) is 0. The summed E-state index contributed by atoms with van der Waals surface area (Å²) in [5, 5.41) is 0. The van der Waals surface area contributed by atoms with Crippen molar-refractivity contribution in [1.29, 1.82) is 0 Å². The Kier molecular flexibility index (Phi) is 5.91. The summed E-state index contributed by atoms with van der Waals surface area (Å²) in [6.07, 6.45) is 9.42. The third kappa shape index (κ3) is 3.50. The van der Waals surface area contributed by atoms with E-state index in [0.29, 0.717) is 17.3 Å². The average molecular weight is 393 g/mol. The van der Waals surface area contributed by atoms with Gasteiger partial charge >= 0.3 is 11.9 Å². The van der Waals surface area contributed by atoms with Crippen molar-refractivity contribution in [1.82, 2.24) is 0 Å². The van der Waals surface area contributed by atoms with E-state index >= 15 is 0 Å². The van der Waals surface area contributed by atoms with Gasteiger partial charge in [-0.05, 0) is 86.4 Å². The number of fused-ring (bicyclic) bond motifs is 3. The van der Waals surface area contributed by atoms with Gasteiger partial charge < -0.3 is 9.47 Å². The lowest BCUT2D eigenvalue weighted by Gasteiger charge is -2.62.